The topological polar surface area (TPSA) is 21.3 Å². The minimum absolute atomic E-state index is 0.432. The molecule has 0 aromatic heterocycles. The van der Waals surface area contributed by atoms with Crippen LogP contribution in [0.5, 0.6) is 5.75 Å². The molecule has 114 valence electrons. The molecule has 20 heavy (non-hydrogen) atoms. The molecule has 0 spiro atoms. The second-order valence-corrected chi connectivity index (χ2v) is 6.17. The maximum Gasteiger partial charge on any atom is 0.133 e. The fourth-order valence-electron chi connectivity index (χ4n) is 2.51. The largest absolute Gasteiger partial charge is 0.496 e. The third-order valence-corrected chi connectivity index (χ3v) is 4.56. The van der Waals surface area contributed by atoms with Crippen LogP contribution in [0.4, 0.5) is 0 Å². The van der Waals surface area contributed by atoms with Gasteiger partial charge in [-0.3, -0.25) is 0 Å². The molecule has 0 saturated heterocycles. The van der Waals surface area contributed by atoms with E-state index in [0.717, 1.165) is 29.1 Å². The van der Waals surface area contributed by atoms with E-state index in [-0.39, 0.29) is 0 Å². The lowest BCUT2D eigenvalue weighted by atomic mass is 9.91. The van der Waals surface area contributed by atoms with E-state index in [0.29, 0.717) is 6.04 Å². The number of rotatable bonds is 9. The van der Waals surface area contributed by atoms with Gasteiger partial charge in [-0.1, -0.05) is 39.7 Å². The summed E-state index contributed by atoms with van der Waals surface area (Å²) in [4.78, 5) is 0. The number of benzene rings is 1. The van der Waals surface area contributed by atoms with E-state index in [1.54, 1.807) is 7.11 Å². The monoisotopic (exact) mass is 341 g/mol. The van der Waals surface area contributed by atoms with Crippen molar-refractivity contribution >= 4 is 15.9 Å². The molecular formula is C17H28BrNO. The first-order valence-corrected chi connectivity index (χ1v) is 8.52. The molecule has 0 bridgehead atoms. The standard InChI is InChI=1S/C17H28BrNO/c1-5-10-19-16(11-13(6-2)7-3)14-8-9-17(20-4)15(18)12-14/h8-9,12-13,16,19H,5-7,10-11H2,1-4H3. The molecule has 1 aromatic carbocycles. The number of methoxy groups -OCH3 is 1. The molecule has 2 nitrogen and oxygen atoms in total. The molecule has 1 unspecified atom stereocenters. The van der Waals surface area contributed by atoms with Gasteiger partial charge in [-0.15, -0.1) is 0 Å². The average molecular weight is 342 g/mol. The van der Waals surface area contributed by atoms with Crippen LogP contribution in [0.15, 0.2) is 22.7 Å². The van der Waals surface area contributed by atoms with E-state index >= 15 is 0 Å². The summed E-state index contributed by atoms with van der Waals surface area (Å²) in [5.74, 6) is 1.68. The Morgan fingerprint density at radius 2 is 1.90 bits per heavy atom. The van der Waals surface area contributed by atoms with Crippen LogP contribution in [0, 0.1) is 5.92 Å². The van der Waals surface area contributed by atoms with Crippen LogP contribution in [0.1, 0.15) is 58.1 Å². The van der Waals surface area contributed by atoms with Crippen LogP contribution in [-0.4, -0.2) is 13.7 Å². The Bertz CT molecular complexity index is 391. The van der Waals surface area contributed by atoms with Crippen LogP contribution >= 0.6 is 15.9 Å². The molecule has 1 atom stereocenters. The maximum atomic E-state index is 5.32. The Labute approximate surface area is 132 Å². The molecule has 3 heteroatoms. The lowest BCUT2D eigenvalue weighted by Gasteiger charge is -2.24. The molecule has 1 N–H and O–H groups in total. The third-order valence-electron chi connectivity index (χ3n) is 3.94. The highest BCUT2D eigenvalue weighted by Crippen LogP contribution is 2.31. The van der Waals surface area contributed by atoms with Crippen molar-refractivity contribution in [3.05, 3.63) is 28.2 Å². The molecule has 1 rings (SSSR count). The highest BCUT2D eigenvalue weighted by molar-refractivity contribution is 9.10. The summed E-state index contributed by atoms with van der Waals surface area (Å²) in [5, 5.41) is 3.69. The van der Waals surface area contributed by atoms with E-state index in [1.807, 2.05) is 6.07 Å². The fraction of sp³-hybridized carbons (Fsp3) is 0.647. The zero-order valence-electron chi connectivity index (χ0n) is 13.2. The molecule has 0 amide bonds. The number of nitrogens with one attached hydrogen (secondary N) is 1. The van der Waals surface area contributed by atoms with E-state index < -0.39 is 0 Å². The van der Waals surface area contributed by atoms with Crippen molar-refractivity contribution in [2.75, 3.05) is 13.7 Å². The van der Waals surface area contributed by atoms with Gasteiger partial charge < -0.3 is 10.1 Å². The maximum absolute atomic E-state index is 5.32. The number of halogens is 1. The van der Waals surface area contributed by atoms with Gasteiger partial charge in [0.05, 0.1) is 11.6 Å². The van der Waals surface area contributed by atoms with Gasteiger partial charge in [-0.25, -0.2) is 0 Å². The SMILES string of the molecule is CCCNC(CC(CC)CC)c1ccc(OC)c(Br)c1. The van der Waals surface area contributed by atoms with Gasteiger partial charge in [0, 0.05) is 6.04 Å². The molecule has 0 aliphatic heterocycles. The number of ether oxygens (including phenoxy) is 1. The Morgan fingerprint density at radius 3 is 2.40 bits per heavy atom. The lowest BCUT2D eigenvalue weighted by Crippen LogP contribution is -2.24. The van der Waals surface area contributed by atoms with E-state index in [4.69, 9.17) is 4.74 Å². The van der Waals surface area contributed by atoms with Crippen molar-refractivity contribution < 1.29 is 4.74 Å². The Morgan fingerprint density at radius 1 is 1.20 bits per heavy atom. The van der Waals surface area contributed by atoms with Crippen molar-refractivity contribution in [2.24, 2.45) is 5.92 Å². The average Bonchev–Trinajstić information content (AvgIpc) is 2.47. The minimum atomic E-state index is 0.432. The van der Waals surface area contributed by atoms with Crippen molar-refractivity contribution in [3.8, 4) is 5.75 Å². The van der Waals surface area contributed by atoms with Gasteiger partial charge >= 0.3 is 0 Å². The van der Waals surface area contributed by atoms with Crippen LogP contribution in [-0.2, 0) is 0 Å². The minimum Gasteiger partial charge on any atom is -0.496 e. The molecule has 0 heterocycles. The Kier molecular flexibility index (Phi) is 8.24. The molecule has 0 aliphatic rings. The van der Waals surface area contributed by atoms with E-state index in [1.165, 1.54) is 24.8 Å². The zero-order chi connectivity index (χ0) is 15.0. The predicted octanol–water partition coefficient (Wildman–Crippen LogP) is 5.32. The summed E-state index contributed by atoms with van der Waals surface area (Å²) in [6.07, 6.45) is 4.86. The molecule has 0 saturated carbocycles. The van der Waals surface area contributed by atoms with Gasteiger partial charge in [0.1, 0.15) is 5.75 Å². The van der Waals surface area contributed by atoms with Crippen LogP contribution in [0.3, 0.4) is 0 Å². The quantitative estimate of drug-likeness (QED) is 0.655. The van der Waals surface area contributed by atoms with Crippen LogP contribution in [0.2, 0.25) is 0 Å². The predicted molar refractivity (Wildman–Crippen MR) is 90.4 cm³/mol. The second kappa shape index (κ2) is 9.41. The fourth-order valence-corrected chi connectivity index (χ4v) is 3.07. The van der Waals surface area contributed by atoms with Crippen molar-refractivity contribution in [3.63, 3.8) is 0 Å². The number of hydrogen-bond acceptors (Lipinski definition) is 2. The molecule has 1 aromatic rings. The Balaban J connectivity index is 2.88. The molecular weight excluding hydrogens is 314 g/mol. The Hall–Kier alpha value is -0.540. The van der Waals surface area contributed by atoms with Gasteiger partial charge in [0.15, 0.2) is 0 Å². The second-order valence-electron chi connectivity index (χ2n) is 5.32. The zero-order valence-corrected chi connectivity index (χ0v) is 14.8. The third kappa shape index (κ3) is 5.10. The summed E-state index contributed by atoms with van der Waals surface area (Å²) >= 11 is 3.59. The molecule has 0 aliphatic carbocycles. The summed E-state index contributed by atoms with van der Waals surface area (Å²) in [7, 11) is 1.71. The van der Waals surface area contributed by atoms with Crippen molar-refractivity contribution in [2.45, 2.75) is 52.5 Å². The van der Waals surface area contributed by atoms with Gasteiger partial charge in [-0.2, -0.15) is 0 Å². The first-order valence-electron chi connectivity index (χ1n) is 7.72. The summed E-state index contributed by atoms with van der Waals surface area (Å²) in [6, 6.07) is 6.85. The first kappa shape index (κ1) is 17.5. The number of hydrogen-bond donors (Lipinski definition) is 1. The van der Waals surface area contributed by atoms with E-state index in [2.05, 4.69) is 54.2 Å². The first-order chi connectivity index (χ1) is 9.65. The highest BCUT2D eigenvalue weighted by Gasteiger charge is 2.16. The van der Waals surface area contributed by atoms with Crippen molar-refractivity contribution in [1.29, 1.82) is 0 Å². The van der Waals surface area contributed by atoms with Crippen LogP contribution < -0.4 is 10.1 Å². The summed E-state index contributed by atoms with van der Waals surface area (Å²) in [5.41, 5.74) is 1.35. The summed E-state index contributed by atoms with van der Waals surface area (Å²) in [6.45, 7) is 7.85. The molecule has 0 radical (unpaired) electrons. The summed E-state index contributed by atoms with van der Waals surface area (Å²) < 4.78 is 6.35. The lowest BCUT2D eigenvalue weighted by molar-refractivity contribution is 0.370. The van der Waals surface area contributed by atoms with Gasteiger partial charge in [0.25, 0.3) is 0 Å². The smallest absolute Gasteiger partial charge is 0.133 e. The van der Waals surface area contributed by atoms with Crippen LogP contribution in [0.25, 0.3) is 0 Å². The van der Waals surface area contributed by atoms with Crippen molar-refractivity contribution in [1.82, 2.24) is 5.32 Å². The highest BCUT2D eigenvalue weighted by atomic mass is 79.9. The molecule has 0 fully saturated rings. The normalized spacial score (nSPS) is 12.7. The van der Waals surface area contributed by atoms with Gasteiger partial charge in [0.2, 0.25) is 0 Å². The van der Waals surface area contributed by atoms with E-state index in [9.17, 15) is 0 Å². The van der Waals surface area contributed by atoms with Gasteiger partial charge in [-0.05, 0) is 58.9 Å².